The van der Waals surface area contributed by atoms with E-state index < -0.39 is 6.04 Å². The Labute approximate surface area is 65.7 Å². The molecule has 0 saturated carbocycles. The quantitative estimate of drug-likeness (QED) is 0.572. The van der Waals surface area contributed by atoms with Crippen LogP contribution in [0, 0.1) is 0 Å². The van der Waals surface area contributed by atoms with Crippen LogP contribution in [-0.2, 0) is 14.3 Å². The van der Waals surface area contributed by atoms with Crippen molar-refractivity contribution in [2.24, 2.45) is 5.73 Å². The van der Waals surface area contributed by atoms with E-state index in [2.05, 4.69) is 0 Å². The lowest BCUT2D eigenvalue weighted by Crippen LogP contribution is -2.42. The predicted octanol–water partition coefficient (Wildman–Crippen LogP) is -0.334. The Kier molecular flexibility index (Phi) is 2.84. The summed E-state index contributed by atoms with van der Waals surface area (Å²) < 4.78 is 9.78. The molecule has 4 nitrogen and oxygen atoms in total. The topological polar surface area (TPSA) is 61.6 Å². The van der Waals surface area contributed by atoms with Crippen LogP contribution in [0.3, 0.4) is 0 Å². The minimum Gasteiger partial charge on any atom is -0.456 e. The van der Waals surface area contributed by atoms with Crippen molar-refractivity contribution in [3.63, 3.8) is 0 Å². The molecule has 64 valence electrons. The largest absolute Gasteiger partial charge is 0.456 e. The minimum atomic E-state index is -0.476. The first-order chi connectivity index (χ1) is 5.24. The molecule has 4 heteroatoms. The first kappa shape index (κ1) is 8.49. The molecule has 1 fully saturated rings. The molecule has 0 bridgehead atoms. The van der Waals surface area contributed by atoms with E-state index >= 15 is 0 Å². The molecule has 0 unspecified atom stereocenters. The van der Waals surface area contributed by atoms with Crippen LogP contribution in [-0.4, -0.2) is 31.3 Å². The van der Waals surface area contributed by atoms with Crippen LogP contribution < -0.4 is 5.73 Å². The van der Waals surface area contributed by atoms with E-state index in [1.807, 2.05) is 6.92 Å². The van der Waals surface area contributed by atoms with Crippen LogP contribution in [0.15, 0.2) is 0 Å². The molecule has 1 aliphatic rings. The van der Waals surface area contributed by atoms with Crippen LogP contribution in [0.2, 0.25) is 0 Å². The monoisotopic (exact) mass is 159 g/mol. The summed E-state index contributed by atoms with van der Waals surface area (Å²) in [5, 5.41) is 0. The van der Waals surface area contributed by atoms with Gasteiger partial charge in [0.2, 0.25) is 0 Å². The number of ether oxygens (including phenoxy) is 2. The van der Waals surface area contributed by atoms with Crippen molar-refractivity contribution < 1.29 is 14.3 Å². The average Bonchev–Trinajstić information content (AvgIpc) is 1.94. The van der Waals surface area contributed by atoms with Crippen LogP contribution in [0.4, 0.5) is 0 Å². The first-order valence-corrected chi connectivity index (χ1v) is 3.78. The van der Waals surface area contributed by atoms with E-state index in [4.69, 9.17) is 15.2 Å². The second kappa shape index (κ2) is 3.69. The summed E-state index contributed by atoms with van der Waals surface area (Å²) in [6.45, 7) is 2.88. The van der Waals surface area contributed by atoms with E-state index in [0.29, 0.717) is 19.6 Å². The van der Waals surface area contributed by atoms with Gasteiger partial charge in [0.05, 0.1) is 13.2 Å². The average molecular weight is 159 g/mol. The normalized spacial score (nSPS) is 20.5. The molecule has 11 heavy (non-hydrogen) atoms. The van der Waals surface area contributed by atoms with Gasteiger partial charge < -0.3 is 15.2 Å². The van der Waals surface area contributed by atoms with Gasteiger partial charge in [0.25, 0.3) is 0 Å². The maximum atomic E-state index is 11.0. The number of carbonyl (C=O) groups excluding carboxylic acids is 1. The van der Waals surface area contributed by atoms with Crippen molar-refractivity contribution in [2.45, 2.75) is 25.5 Å². The Bertz CT molecular complexity index is 145. The summed E-state index contributed by atoms with van der Waals surface area (Å²) in [5.41, 5.74) is 5.43. The summed E-state index contributed by atoms with van der Waals surface area (Å²) in [7, 11) is 0. The van der Waals surface area contributed by atoms with E-state index in [9.17, 15) is 4.79 Å². The molecule has 0 radical (unpaired) electrons. The van der Waals surface area contributed by atoms with Crippen LogP contribution in [0.5, 0.6) is 0 Å². The van der Waals surface area contributed by atoms with Crippen molar-refractivity contribution in [1.29, 1.82) is 0 Å². The minimum absolute atomic E-state index is 0.0555. The molecular weight excluding hydrogens is 146 g/mol. The van der Waals surface area contributed by atoms with Crippen molar-refractivity contribution in [3.8, 4) is 0 Å². The lowest BCUT2D eigenvalue weighted by Gasteiger charge is -2.26. The van der Waals surface area contributed by atoms with Crippen molar-refractivity contribution >= 4 is 5.97 Å². The smallest absolute Gasteiger partial charge is 0.323 e. The molecular formula is C7H13NO3. The zero-order chi connectivity index (χ0) is 8.27. The Morgan fingerprint density at radius 3 is 2.82 bits per heavy atom. The Balaban J connectivity index is 2.19. The molecule has 1 saturated heterocycles. The highest BCUT2D eigenvalue weighted by molar-refractivity contribution is 5.75. The van der Waals surface area contributed by atoms with E-state index in [-0.39, 0.29) is 12.1 Å². The molecule has 0 aliphatic carbocycles. The maximum Gasteiger partial charge on any atom is 0.323 e. The van der Waals surface area contributed by atoms with Crippen LogP contribution >= 0.6 is 0 Å². The number of hydrogen-bond acceptors (Lipinski definition) is 4. The molecule has 0 aromatic rings. The Morgan fingerprint density at radius 2 is 2.45 bits per heavy atom. The maximum absolute atomic E-state index is 11.0. The second-order valence-electron chi connectivity index (χ2n) is 2.61. The SMILES string of the molecule is CC[C@H](N)C(=O)OC1COC1. The summed E-state index contributed by atoms with van der Waals surface area (Å²) in [6.07, 6.45) is 0.562. The summed E-state index contributed by atoms with van der Waals surface area (Å²) in [5.74, 6) is -0.319. The summed E-state index contributed by atoms with van der Waals surface area (Å²) in [4.78, 5) is 11.0. The van der Waals surface area contributed by atoms with Gasteiger partial charge in [0, 0.05) is 0 Å². The van der Waals surface area contributed by atoms with Gasteiger partial charge in [-0.1, -0.05) is 6.92 Å². The van der Waals surface area contributed by atoms with Gasteiger partial charge in [-0.15, -0.1) is 0 Å². The predicted molar refractivity (Wildman–Crippen MR) is 39.0 cm³/mol. The van der Waals surface area contributed by atoms with E-state index in [1.54, 1.807) is 0 Å². The molecule has 1 heterocycles. The second-order valence-corrected chi connectivity index (χ2v) is 2.61. The van der Waals surface area contributed by atoms with Gasteiger partial charge in [-0.05, 0) is 6.42 Å². The molecule has 0 aromatic carbocycles. The highest BCUT2D eigenvalue weighted by Gasteiger charge is 2.24. The zero-order valence-corrected chi connectivity index (χ0v) is 6.58. The molecule has 0 aromatic heterocycles. The van der Waals surface area contributed by atoms with Crippen LogP contribution in [0.1, 0.15) is 13.3 Å². The molecule has 0 spiro atoms. The third kappa shape index (κ3) is 2.17. The number of rotatable bonds is 3. The lowest BCUT2D eigenvalue weighted by atomic mass is 10.2. The third-order valence-electron chi connectivity index (χ3n) is 1.63. The fourth-order valence-electron chi connectivity index (χ4n) is 0.700. The van der Waals surface area contributed by atoms with E-state index in [0.717, 1.165) is 0 Å². The third-order valence-corrected chi connectivity index (χ3v) is 1.63. The molecule has 2 N–H and O–H groups in total. The zero-order valence-electron chi connectivity index (χ0n) is 6.58. The van der Waals surface area contributed by atoms with Gasteiger partial charge >= 0.3 is 5.97 Å². The lowest BCUT2D eigenvalue weighted by molar-refractivity contribution is -0.173. The highest BCUT2D eigenvalue weighted by atomic mass is 16.6. The summed E-state index contributed by atoms with van der Waals surface area (Å²) in [6, 6.07) is -0.476. The first-order valence-electron chi connectivity index (χ1n) is 3.78. The number of carbonyl (C=O) groups is 1. The van der Waals surface area contributed by atoms with Gasteiger partial charge in [-0.3, -0.25) is 4.79 Å². The highest BCUT2D eigenvalue weighted by Crippen LogP contribution is 2.06. The van der Waals surface area contributed by atoms with Gasteiger partial charge in [-0.2, -0.15) is 0 Å². The Hall–Kier alpha value is -0.610. The Morgan fingerprint density at radius 1 is 1.82 bits per heavy atom. The standard InChI is InChI=1S/C7H13NO3/c1-2-6(8)7(9)11-5-3-10-4-5/h5-6H,2-4,8H2,1H3/t6-/m0/s1. The van der Waals surface area contributed by atoms with Crippen molar-refractivity contribution in [1.82, 2.24) is 0 Å². The molecule has 0 amide bonds. The van der Waals surface area contributed by atoms with Crippen molar-refractivity contribution in [2.75, 3.05) is 13.2 Å². The molecule has 1 rings (SSSR count). The fraction of sp³-hybridized carbons (Fsp3) is 0.857. The van der Waals surface area contributed by atoms with Gasteiger partial charge in [0.1, 0.15) is 12.1 Å². The molecule has 1 atom stereocenters. The van der Waals surface area contributed by atoms with E-state index in [1.165, 1.54) is 0 Å². The molecule has 1 aliphatic heterocycles. The number of hydrogen-bond donors (Lipinski definition) is 1. The fourth-order valence-corrected chi connectivity index (χ4v) is 0.700. The summed E-state index contributed by atoms with van der Waals surface area (Å²) >= 11 is 0. The van der Waals surface area contributed by atoms with Crippen LogP contribution in [0.25, 0.3) is 0 Å². The van der Waals surface area contributed by atoms with Crippen molar-refractivity contribution in [3.05, 3.63) is 0 Å². The number of esters is 1. The van der Waals surface area contributed by atoms with Gasteiger partial charge in [0.15, 0.2) is 0 Å². The van der Waals surface area contributed by atoms with Gasteiger partial charge in [-0.25, -0.2) is 0 Å². The number of nitrogens with two attached hydrogens (primary N) is 1.